The second kappa shape index (κ2) is 7.73. The van der Waals surface area contributed by atoms with Crippen molar-refractivity contribution in [2.45, 2.75) is 11.5 Å². The summed E-state index contributed by atoms with van der Waals surface area (Å²) in [6.07, 6.45) is 1.78. The number of methoxy groups -OCH3 is 1. The first kappa shape index (κ1) is 16.9. The highest BCUT2D eigenvalue weighted by molar-refractivity contribution is 7.89. The van der Waals surface area contributed by atoms with Crippen molar-refractivity contribution >= 4 is 16.0 Å². The van der Waals surface area contributed by atoms with E-state index in [1.165, 1.54) is 7.11 Å². The van der Waals surface area contributed by atoms with Gasteiger partial charge in [0, 0.05) is 38.8 Å². The summed E-state index contributed by atoms with van der Waals surface area (Å²) in [4.78, 5) is 13.6. The maximum atomic E-state index is 12.0. The molecule has 22 heavy (non-hydrogen) atoms. The molecule has 124 valence electrons. The molecule has 0 unspecified atom stereocenters. The van der Waals surface area contributed by atoms with Crippen LogP contribution in [0.1, 0.15) is 16.8 Å². The fraction of sp³-hybridized carbons (Fsp3) is 0.615. The smallest absolute Gasteiger partial charge is 0.341 e. The van der Waals surface area contributed by atoms with E-state index in [9.17, 15) is 13.2 Å². The molecule has 0 spiro atoms. The van der Waals surface area contributed by atoms with Gasteiger partial charge in [0.2, 0.25) is 5.09 Å². The fourth-order valence-corrected chi connectivity index (χ4v) is 3.21. The molecule has 0 saturated carbocycles. The summed E-state index contributed by atoms with van der Waals surface area (Å²) in [7, 11) is -2.52. The van der Waals surface area contributed by atoms with Crippen LogP contribution in [0.3, 0.4) is 0 Å². The Balaban J connectivity index is 1.80. The van der Waals surface area contributed by atoms with E-state index in [0.29, 0.717) is 13.0 Å². The monoisotopic (exact) mass is 331 g/mol. The van der Waals surface area contributed by atoms with Crippen LogP contribution in [0.15, 0.2) is 21.8 Å². The van der Waals surface area contributed by atoms with Gasteiger partial charge in [-0.15, -0.1) is 0 Å². The number of carbonyl (C=O) groups excluding carboxylic acids is 1. The number of hydrogen-bond acceptors (Lipinski definition) is 7. The molecule has 1 fully saturated rings. The quantitative estimate of drug-likeness (QED) is 0.520. The van der Waals surface area contributed by atoms with Crippen LogP contribution < -0.4 is 10.0 Å². The highest BCUT2D eigenvalue weighted by atomic mass is 32.2. The maximum absolute atomic E-state index is 12.0. The molecule has 9 heteroatoms. The third-order valence-electron chi connectivity index (χ3n) is 3.41. The van der Waals surface area contributed by atoms with Gasteiger partial charge in [0.15, 0.2) is 0 Å². The minimum Gasteiger partial charge on any atom is -0.465 e. The zero-order valence-corrected chi connectivity index (χ0v) is 13.3. The zero-order chi connectivity index (χ0) is 16.0. The summed E-state index contributed by atoms with van der Waals surface area (Å²) in [6.45, 7) is 5.06. The zero-order valence-electron chi connectivity index (χ0n) is 12.5. The van der Waals surface area contributed by atoms with E-state index in [1.54, 1.807) is 0 Å². The van der Waals surface area contributed by atoms with Gasteiger partial charge in [-0.25, -0.2) is 17.9 Å². The number of carbonyl (C=O) groups is 1. The SMILES string of the molecule is COC(=O)c1coc(S(=O)(=O)NCCCN2CCNCC2)c1. The van der Waals surface area contributed by atoms with Crippen molar-refractivity contribution < 1.29 is 22.4 Å². The maximum Gasteiger partial charge on any atom is 0.341 e. The second-order valence-corrected chi connectivity index (χ2v) is 6.69. The summed E-state index contributed by atoms with van der Waals surface area (Å²) in [5, 5.41) is 2.98. The lowest BCUT2D eigenvalue weighted by atomic mass is 10.3. The Morgan fingerprint density at radius 1 is 1.45 bits per heavy atom. The molecular formula is C13H21N3O5S. The number of esters is 1. The molecule has 0 aromatic carbocycles. The number of hydrogen-bond donors (Lipinski definition) is 2. The molecule has 0 radical (unpaired) electrons. The van der Waals surface area contributed by atoms with E-state index >= 15 is 0 Å². The Bertz CT molecular complexity index is 593. The lowest BCUT2D eigenvalue weighted by molar-refractivity contribution is 0.0600. The van der Waals surface area contributed by atoms with Gasteiger partial charge in [0.25, 0.3) is 10.0 Å². The van der Waals surface area contributed by atoms with Crippen molar-refractivity contribution in [3.8, 4) is 0 Å². The lowest BCUT2D eigenvalue weighted by Gasteiger charge is -2.26. The van der Waals surface area contributed by atoms with E-state index in [0.717, 1.165) is 45.1 Å². The number of furan rings is 1. The van der Waals surface area contributed by atoms with Crippen LogP contribution in [0.4, 0.5) is 0 Å². The van der Waals surface area contributed by atoms with Gasteiger partial charge < -0.3 is 19.4 Å². The first-order chi connectivity index (χ1) is 10.5. The van der Waals surface area contributed by atoms with E-state index < -0.39 is 16.0 Å². The highest BCUT2D eigenvalue weighted by Gasteiger charge is 2.21. The molecule has 1 aliphatic rings. The van der Waals surface area contributed by atoms with Crippen molar-refractivity contribution in [2.75, 3.05) is 46.4 Å². The Morgan fingerprint density at radius 3 is 2.86 bits per heavy atom. The summed E-state index contributed by atoms with van der Waals surface area (Å²) >= 11 is 0. The summed E-state index contributed by atoms with van der Waals surface area (Å²) in [6, 6.07) is 1.16. The van der Waals surface area contributed by atoms with Crippen LogP contribution in [0.5, 0.6) is 0 Å². The number of nitrogens with zero attached hydrogens (tertiary/aromatic N) is 1. The topological polar surface area (TPSA) is 101 Å². The number of piperazine rings is 1. The Labute approximate surface area is 129 Å². The second-order valence-electron chi connectivity index (χ2n) is 4.99. The Hall–Kier alpha value is -1.42. The molecule has 0 bridgehead atoms. The fourth-order valence-electron chi connectivity index (χ4n) is 2.20. The van der Waals surface area contributed by atoms with Crippen LogP contribution in [-0.4, -0.2) is 65.7 Å². The van der Waals surface area contributed by atoms with Crippen molar-refractivity contribution in [1.29, 1.82) is 0 Å². The van der Waals surface area contributed by atoms with Crippen molar-refractivity contribution in [3.63, 3.8) is 0 Å². The summed E-state index contributed by atoms with van der Waals surface area (Å²) in [5.41, 5.74) is 0.0729. The summed E-state index contributed by atoms with van der Waals surface area (Å²) in [5.74, 6) is -0.635. The van der Waals surface area contributed by atoms with E-state index in [4.69, 9.17) is 4.42 Å². The number of sulfonamides is 1. The van der Waals surface area contributed by atoms with Gasteiger partial charge in [0.1, 0.15) is 6.26 Å². The minimum atomic E-state index is -3.74. The van der Waals surface area contributed by atoms with Crippen LogP contribution in [0.25, 0.3) is 0 Å². The molecule has 8 nitrogen and oxygen atoms in total. The van der Waals surface area contributed by atoms with Crippen LogP contribution in [-0.2, 0) is 14.8 Å². The molecule has 0 aliphatic carbocycles. The van der Waals surface area contributed by atoms with E-state index in [1.807, 2.05) is 0 Å². The van der Waals surface area contributed by atoms with Gasteiger partial charge >= 0.3 is 5.97 Å². The summed E-state index contributed by atoms with van der Waals surface area (Å²) < 4.78 is 36.0. The largest absolute Gasteiger partial charge is 0.465 e. The average molecular weight is 331 g/mol. The molecule has 2 rings (SSSR count). The average Bonchev–Trinajstić information content (AvgIpc) is 3.03. The Kier molecular flexibility index (Phi) is 5.95. The molecule has 1 saturated heterocycles. The molecule has 2 heterocycles. The standard InChI is InChI=1S/C13H21N3O5S/c1-20-13(17)11-9-12(21-10-11)22(18,19)15-3-2-6-16-7-4-14-5-8-16/h9-10,14-15H,2-8H2,1H3. The number of rotatable bonds is 7. The normalized spacial score (nSPS) is 16.6. The third kappa shape index (κ3) is 4.54. The van der Waals surface area contributed by atoms with Gasteiger partial charge in [-0.1, -0.05) is 0 Å². The molecule has 0 amide bonds. The van der Waals surface area contributed by atoms with Crippen molar-refractivity contribution in [1.82, 2.24) is 14.9 Å². The molecule has 1 aliphatic heterocycles. The molecule has 0 atom stereocenters. The van der Waals surface area contributed by atoms with Crippen LogP contribution in [0.2, 0.25) is 0 Å². The highest BCUT2D eigenvalue weighted by Crippen LogP contribution is 2.14. The van der Waals surface area contributed by atoms with E-state index in [2.05, 4.69) is 19.7 Å². The van der Waals surface area contributed by atoms with Crippen LogP contribution >= 0.6 is 0 Å². The number of nitrogens with one attached hydrogen (secondary N) is 2. The van der Waals surface area contributed by atoms with E-state index in [-0.39, 0.29) is 10.7 Å². The van der Waals surface area contributed by atoms with Gasteiger partial charge in [-0.2, -0.15) is 0 Å². The predicted octanol–water partition coefficient (Wildman–Crippen LogP) is -0.360. The molecule has 1 aromatic heterocycles. The Morgan fingerprint density at radius 2 is 2.18 bits per heavy atom. The molecule has 2 N–H and O–H groups in total. The minimum absolute atomic E-state index is 0.0729. The first-order valence-electron chi connectivity index (χ1n) is 7.12. The molecular weight excluding hydrogens is 310 g/mol. The van der Waals surface area contributed by atoms with Crippen molar-refractivity contribution in [2.24, 2.45) is 0 Å². The first-order valence-corrected chi connectivity index (χ1v) is 8.61. The third-order valence-corrected chi connectivity index (χ3v) is 4.74. The van der Waals surface area contributed by atoms with Gasteiger partial charge in [-0.3, -0.25) is 0 Å². The molecule has 1 aromatic rings. The lowest BCUT2D eigenvalue weighted by Crippen LogP contribution is -2.44. The predicted molar refractivity (Wildman–Crippen MR) is 79.2 cm³/mol. The number of ether oxygens (including phenoxy) is 1. The van der Waals surface area contributed by atoms with Gasteiger partial charge in [0.05, 0.1) is 12.7 Å². The van der Waals surface area contributed by atoms with Crippen LogP contribution in [0, 0.1) is 0 Å². The van der Waals surface area contributed by atoms with Gasteiger partial charge in [-0.05, 0) is 13.0 Å². The van der Waals surface area contributed by atoms with Crippen molar-refractivity contribution in [3.05, 3.63) is 17.9 Å².